The van der Waals surface area contributed by atoms with Gasteiger partial charge in [0, 0.05) is 16.7 Å². The number of H-pyrrole nitrogens is 1. The maximum atomic E-state index is 6.03. The topological polar surface area (TPSA) is 76.8 Å². The number of rotatable bonds is 2. The fraction of sp³-hybridized carbons (Fsp3) is 0.0769. The number of nitrogens with one attached hydrogen (secondary N) is 1. The second-order valence-electron chi connectivity index (χ2n) is 4.16. The molecule has 0 bridgehead atoms. The van der Waals surface area contributed by atoms with Gasteiger partial charge in [-0.3, -0.25) is 0 Å². The van der Waals surface area contributed by atoms with E-state index in [1.54, 1.807) is 25.3 Å². The van der Waals surface area contributed by atoms with Gasteiger partial charge in [0.1, 0.15) is 5.82 Å². The Labute approximate surface area is 124 Å². The van der Waals surface area contributed by atoms with Gasteiger partial charge in [0.05, 0.1) is 23.3 Å². The predicted octanol–water partition coefficient (Wildman–Crippen LogP) is 3.52. The van der Waals surface area contributed by atoms with Gasteiger partial charge in [-0.2, -0.15) is 4.98 Å². The van der Waals surface area contributed by atoms with E-state index in [1.807, 2.05) is 6.07 Å². The lowest BCUT2D eigenvalue weighted by Crippen LogP contribution is -1.93. The van der Waals surface area contributed by atoms with E-state index < -0.39 is 0 Å². The Balaban J connectivity index is 2.20. The second kappa shape index (κ2) is 4.85. The number of benzene rings is 1. The van der Waals surface area contributed by atoms with E-state index in [1.165, 1.54) is 0 Å². The molecule has 3 aromatic rings. The van der Waals surface area contributed by atoms with Crippen LogP contribution in [0.5, 0.6) is 5.88 Å². The standard InChI is InChI=1S/C13H10Cl2N4O/c1-20-10-3-2-9-13(18-10)19-12(17-9)7-4-6(14)5-8(15)11(7)16/h2-5H,16H2,1H3,(H,17,18,19). The molecule has 2 aromatic heterocycles. The summed E-state index contributed by atoms with van der Waals surface area (Å²) in [5.41, 5.74) is 8.33. The largest absolute Gasteiger partial charge is 0.481 e. The number of halogens is 2. The normalized spacial score (nSPS) is 10.9. The molecule has 0 saturated heterocycles. The number of hydrogen-bond donors (Lipinski definition) is 2. The van der Waals surface area contributed by atoms with E-state index in [0.29, 0.717) is 38.6 Å². The van der Waals surface area contributed by atoms with Gasteiger partial charge in [-0.05, 0) is 18.2 Å². The molecule has 0 spiro atoms. The van der Waals surface area contributed by atoms with Crippen molar-refractivity contribution in [2.24, 2.45) is 0 Å². The molecule has 0 fully saturated rings. The van der Waals surface area contributed by atoms with Crippen LogP contribution in [0.15, 0.2) is 24.3 Å². The van der Waals surface area contributed by atoms with Crippen molar-refractivity contribution in [1.82, 2.24) is 15.0 Å². The summed E-state index contributed by atoms with van der Waals surface area (Å²) in [6.07, 6.45) is 0. The van der Waals surface area contributed by atoms with Crippen LogP contribution in [0.4, 0.5) is 5.69 Å². The van der Waals surface area contributed by atoms with E-state index >= 15 is 0 Å². The van der Waals surface area contributed by atoms with E-state index in [2.05, 4.69) is 15.0 Å². The minimum atomic E-state index is 0.387. The van der Waals surface area contributed by atoms with E-state index in [-0.39, 0.29) is 0 Å². The fourth-order valence-electron chi connectivity index (χ4n) is 1.90. The van der Waals surface area contributed by atoms with Crippen molar-refractivity contribution in [3.05, 3.63) is 34.3 Å². The Kier molecular flexibility index (Phi) is 3.16. The highest BCUT2D eigenvalue weighted by Gasteiger charge is 2.13. The summed E-state index contributed by atoms with van der Waals surface area (Å²) in [7, 11) is 1.55. The average molecular weight is 309 g/mol. The number of aromatic amines is 1. The number of fused-ring (bicyclic) bond motifs is 1. The molecule has 1 aromatic carbocycles. The van der Waals surface area contributed by atoms with Gasteiger partial charge < -0.3 is 15.5 Å². The molecule has 0 aliphatic heterocycles. The lowest BCUT2D eigenvalue weighted by Gasteiger charge is -2.05. The molecule has 0 radical (unpaired) electrons. The molecule has 20 heavy (non-hydrogen) atoms. The van der Waals surface area contributed by atoms with E-state index in [4.69, 9.17) is 33.7 Å². The minimum absolute atomic E-state index is 0.387. The first-order valence-corrected chi connectivity index (χ1v) is 6.49. The third kappa shape index (κ3) is 2.15. The Morgan fingerprint density at radius 1 is 1.20 bits per heavy atom. The predicted molar refractivity (Wildman–Crippen MR) is 80.3 cm³/mol. The molecule has 0 aliphatic carbocycles. The highest BCUT2D eigenvalue weighted by atomic mass is 35.5. The summed E-state index contributed by atoms with van der Waals surface area (Å²) >= 11 is 12.0. The summed E-state index contributed by atoms with van der Waals surface area (Å²) in [5.74, 6) is 1.05. The van der Waals surface area contributed by atoms with Crippen molar-refractivity contribution in [3.63, 3.8) is 0 Å². The van der Waals surface area contributed by atoms with Crippen molar-refractivity contribution in [2.45, 2.75) is 0 Å². The van der Waals surface area contributed by atoms with Crippen LogP contribution in [0.2, 0.25) is 10.0 Å². The van der Waals surface area contributed by atoms with E-state index in [0.717, 1.165) is 5.52 Å². The average Bonchev–Trinajstić information content (AvgIpc) is 2.85. The van der Waals surface area contributed by atoms with Crippen molar-refractivity contribution in [1.29, 1.82) is 0 Å². The quantitative estimate of drug-likeness (QED) is 0.710. The molecule has 5 nitrogen and oxygen atoms in total. The third-order valence-electron chi connectivity index (χ3n) is 2.88. The molecule has 0 aliphatic rings. The van der Waals surface area contributed by atoms with Gasteiger partial charge in [-0.15, -0.1) is 0 Å². The van der Waals surface area contributed by atoms with Crippen molar-refractivity contribution >= 4 is 40.1 Å². The number of anilines is 1. The van der Waals surface area contributed by atoms with Gasteiger partial charge in [-0.1, -0.05) is 23.2 Å². The number of nitrogens with zero attached hydrogens (tertiary/aromatic N) is 2. The number of aromatic nitrogens is 3. The highest BCUT2D eigenvalue weighted by molar-refractivity contribution is 6.37. The SMILES string of the molecule is COc1ccc2[nH]c(-c3cc(Cl)cc(Cl)c3N)nc2n1. The first-order valence-electron chi connectivity index (χ1n) is 5.74. The summed E-state index contributed by atoms with van der Waals surface area (Å²) in [6.45, 7) is 0. The number of imidazole rings is 1. The smallest absolute Gasteiger partial charge is 0.215 e. The van der Waals surface area contributed by atoms with Crippen molar-refractivity contribution < 1.29 is 4.74 Å². The van der Waals surface area contributed by atoms with Crippen LogP contribution in [0.25, 0.3) is 22.6 Å². The summed E-state index contributed by atoms with van der Waals surface area (Å²) in [5, 5.41) is 0.878. The molecule has 7 heteroatoms. The van der Waals surface area contributed by atoms with E-state index in [9.17, 15) is 0 Å². The maximum absolute atomic E-state index is 6.03. The number of nitrogen functional groups attached to an aromatic ring is 1. The van der Waals surface area contributed by atoms with Crippen molar-refractivity contribution in [2.75, 3.05) is 12.8 Å². The molecule has 0 atom stereocenters. The monoisotopic (exact) mass is 308 g/mol. The third-order valence-corrected chi connectivity index (χ3v) is 3.41. The van der Waals surface area contributed by atoms with Crippen LogP contribution in [0.1, 0.15) is 0 Å². The van der Waals surface area contributed by atoms with Gasteiger partial charge >= 0.3 is 0 Å². The zero-order valence-electron chi connectivity index (χ0n) is 10.4. The van der Waals surface area contributed by atoms with Crippen LogP contribution in [0.3, 0.4) is 0 Å². The first kappa shape index (κ1) is 13.0. The second-order valence-corrected chi connectivity index (χ2v) is 5.00. The Hall–Kier alpha value is -1.98. The minimum Gasteiger partial charge on any atom is -0.481 e. The zero-order chi connectivity index (χ0) is 14.3. The van der Waals surface area contributed by atoms with Crippen LogP contribution in [-0.2, 0) is 0 Å². The number of hydrogen-bond acceptors (Lipinski definition) is 4. The fourth-order valence-corrected chi connectivity index (χ4v) is 2.39. The molecule has 2 heterocycles. The lowest BCUT2D eigenvalue weighted by molar-refractivity contribution is 0.399. The molecule has 0 unspecified atom stereocenters. The molecule has 3 N–H and O–H groups in total. The Morgan fingerprint density at radius 3 is 2.75 bits per heavy atom. The number of methoxy groups -OCH3 is 1. The van der Waals surface area contributed by atoms with Crippen LogP contribution >= 0.6 is 23.2 Å². The Morgan fingerprint density at radius 2 is 2.00 bits per heavy atom. The number of nitrogens with two attached hydrogens (primary N) is 1. The molecule has 102 valence electrons. The highest BCUT2D eigenvalue weighted by Crippen LogP contribution is 2.34. The maximum Gasteiger partial charge on any atom is 0.215 e. The Bertz CT molecular complexity index is 800. The molecule has 3 rings (SSSR count). The van der Waals surface area contributed by atoms with Crippen molar-refractivity contribution in [3.8, 4) is 17.3 Å². The molecule has 0 saturated carbocycles. The van der Waals surface area contributed by atoms with Crippen LogP contribution in [0, 0.1) is 0 Å². The lowest BCUT2D eigenvalue weighted by atomic mass is 10.1. The molecular weight excluding hydrogens is 299 g/mol. The summed E-state index contributed by atoms with van der Waals surface area (Å²) < 4.78 is 5.07. The summed E-state index contributed by atoms with van der Waals surface area (Å²) in [4.78, 5) is 11.8. The summed E-state index contributed by atoms with van der Waals surface area (Å²) in [6, 6.07) is 6.88. The van der Waals surface area contributed by atoms with Gasteiger partial charge in [0.15, 0.2) is 5.65 Å². The van der Waals surface area contributed by atoms with Gasteiger partial charge in [0.2, 0.25) is 5.88 Å². The van der Waals surface area contributed by atoms with Crippen LogP contribution < -0.4 is 10.5 Å². The molecular formula is C13H10Cl2N4O. The number of pyridine rings is 1. The zero-order valence-corrected chi connectivity index (χ0v) is 12.0. The van der Waals surface area contributed by atoms with Gasteiger partial charge in [-0.25, -0.2) is 4.98 Å². The molecule has 0 amide bonds. The first-order chi connectivity index (χ1) is 9.58. The number of ether oxygens (including phenoxy) is 1. The van der Waals surface area contributed by atoms with Gasteiger partial charge in [0.25, 0.3) is 0 Å². The van der Waals surface area contributed by atoms with Crippen LogP contribution in [-0.4, -0.2) is 22.1 Å².